The summed E-state index contributed by atoms with van der Waals surface area (Å²) in [6.45, 7) is 0.638. The molecule has 0 atom stereocenters. The predicted octanol–water partition coefficient (Wildman–Crippen LogP) is 2.13. The van der Waals surface area contributed by atoms with Gasteiger partial charge in [-0.1, -0.05) is 24.3 Å². The molecule has 2 heterocycles. The summed E-state index contributed by atoms with van der Waals surface area (Å²) in [7, 11) is 0. The number of nitrogens with one attached hydrogen (secondary N) is 1. The first-order valence-electron chi connectivity index (χ1n) is 5.96. The van der Waals surface area contributed by atoms with Gasteiger partial charge in [-0.3, -0.25) is 4.98 Å². The van der Waals surface area contributed by atoms with E-state index in [1.807, 2.05) is 18.2 Å². The summed E-state index contributed by atoms with van der Waals surface area (Å²) in [5, 5.41) is 0. The van der Waals surface area contributed by atoms with Crippen LogP contribution in [0.2, 0.25) is 0 Å². The van der Waals surface area contributed by atoms with E-state index in [2.05, 4.69) is 27.1 Å². The first kappa shape index (κ1) is 10.9. The van der Waals surface area contributed by atoms with Gasteiger partial charge in [0.05, 0.1) is 17.2 Å². The minimum atomic E-state index is 0.638. The Morgan fingerprint density at radius 2 is 2.06 bits per heavy atom. The van der Waals surface area contributed by atoms with Crippen molar-refractivity contribution in [2.45, 2.75) is 6.42 Å². The summed E-state index contributed by atoms with van der Waals surface area (Å²) in [5.41, 5.74) is 9.85. The third-order valence-corrected chi connectivity index (χ3v) is 2.97. The molecule has 0 unspecified atom stereocenters. The van der Waals surface area contributed by atoms with Crippen LogP contribution in [0.3, 0.4) is 0 Å². The van der Waals surface area contributed by atoms with Crippen molar-refractivity contribution in [2.75, 3.05) is 6.54 Å². The molecule has 2 aromatic heterocycles. The summed E-state index contributed by atoms with van der Waals surface area (Å²) in [4.78, 5) is 12.0. The van der Waals surface area contributed by atoms with E-state index in [1.165, 1.54) is 5.56 Å². The topological polar surface area (TPSA) is 67.6 Å². The maximum atomic E-state index is 5.64. The molecule has 0 bridgehead atoms. The highest BCUT2D eigenvalue weighted by atomic mass is 14.9. The summed E-state index contributed by atoms with van der Waals surface area (Å²) >= 11 is 0. The van der Waals surface area contributed by atoms with Crippen molar-refractivity contribution in [3.63, 3.8) is 0 Å². The second-order valence-corrected chi connectivity index (χ2v) is 4.17. The molecule has 0 aliphatic rings. The zero-order chi connectivity index (χ0) is 12.4. The van der Waals surface area contributed by atoms with Crippen LogP contribution >= 0.6 is 0 Å². The van der Waals surface area contributed by atoms with Crippen molar-refractivity contribution in [2.24, 2.45) is 5.73 Å². The van der Waals surface area contributed by atoms with Gasteiger partial charge in [0.25, 0.3) is 0 Å². The number of aromatic amines is 1. The average molecular weight is 238 g/mol. The molecule has 3 N–H and O–H groups in total. The third-order valence-electron chi connectivity index (χ3n) is 2.97. The zero-order valence-electron chi connectivity index (χ0n) is 9.93. The SMILES string of the molecule is NCCc1ccccc1-c1nc2ccncc2[nH]1. The molecule has 0 fully saturated rings. The van der Waals surface area contributed by atoms with E-state index in [4.69, 9.17) is 5.73 Å². The molecule has 18 heavy (non-hydrogen) atoms. The Morgan fingerprint density at radius 1 is 1.17 bits per heavy atom. The van der Waals surface area contributed by atoms with Crippen molar-refractivity contribution in [3.05, 3.63) is 48.3 Å². The largest absolute Gasteiger partial charge is 0.337 e. The van der Waals surface area contributed by atoms with Crippen LogP contribution in [0.15, 0.2) is 42.7 Å². The highest BCUT2D eigenvalue weighted by Gasteiger charge is 2.08. The van der Waals surface area contributed by atoms with E-state index >= 15 is 0 Å². The van der Waals surface area contributed by atoms with Gasteiger partial charge >= 0.3 is 0 Å². The van der Waals surface area contributed by atoms with E-state index in [0.29, 0.717) is 6.54 Å². The number of rotatable bonds is 3. The van der Waals surface area contributed by atoms with Crippen molar-refractivity contribution < 1.29 is 0 Å². The Kier molecular flexibility index (Phi) is 2.78. The normalized spacial score (nSPS) is 10.9. The number of hydrogen-bond acceptors (Lipinski definition) is 3. The maximum absolute atomic E-state index is 5.64. The molecule has 0 aliphatic heterocycles. The molecular weight excluding hydrogens is 224 g/mol. The van der Waals surface area contributed by atoms with E-state index in [9.17, 15) is 0 Å². The quantitative estimate of drug-likeness (QED) is 0.734. The number of nitrogens with zero attached hydrogens (tertiary/aromatic N) is 2. The van der Waals surface area contributed by atoms with E-state index < -0.39 is 0 Å². The lowest BCUT2D eigenvalue weighted by atomic mass is 10.0. The first-order chi connectivity index (χ1) is 8.88. The highest BCUT2D eigenvalue weighted by molar-refractivity contribution is 5.78. The lowest BCUT2D eigenvalue weighted by molar-refractivity contribution is 0.968. The number of nitrogens with two attached hydrogens (primary N) is 1. The number of aromatic nitrogens is 3. The molecule has 90 valence electrons. The zero-order valence-corrected chi connectivity index (χ0v) is 9.93. The Morgan fingerprint density at radius 3 is 2.89 bits per heavy atom. The molecule has 0 amide bonds. The maximum Gasteiger partial charge on any atom is 0.138 e. The predicted molar refractivity (Wildman–Crippen MR) is 72.1 cm³/mol. The number of imidazole rings is 1. The monoisotopic (exact) mass is 238 g/mol. The van der Waals surface area contributed by atoms with Crippen LogP contribution in [0, 0.1) is 0 Å². The molecular formula is C14H14N4. The van der Waals surface area contributed by atoms with Gasteiger partial charge in [-0.05, 0) is 24.6 Å². The molecule has 0 saturated heterocycles. The Bertz CT molecular complexity index is 639. The van der Waals surface area contributed by atoms with Crippen LogP contribution in [0.25, 0.3) is 22.4 Å². The molecule has 0 radical (unpaired) electrons. The molecule has 0 spiro atoms. The van der Waals surface area contributed by atoms with Crippen LogP contribution in [0.1, 0.15) is 5.56 Å². The molecule has 3 rings (SSSR count). The second kappa shape index (κ2) is 4.58. The number of pyridine rings is 1. The van der Waals surface area contributed by atoms with Gasteiger partial charge < -0.3 is 10.7 Å². The minimum absolute atomic E-state index is 0.638. The number of H-pyrrole nitrogens is 1. The van der Waals surface area contributed by atoms with Crippen molar-refractivity contribution in [3.8, 4) is 11.4 Å². The molecule has 4 nitrogen and oxygen atoms in total. The Hall–Kier alpha value is -2.20. The molecule has 3 aromatic rings. The van der Waals surface area contributed by atoms with Crippen LogP contribution in [0.5, 0.6) is 0 Å². The number of benzene rings is 1. The van der Waals surface area contributed by atoms with Gasteiger partial charge in [-0.15, -0.1) is 0 Å². The number of hydrogen-bond donors (Lipinski definition) is 2. The average Bonchev–Trinajstić information content (AvgIpc) is 2.83. The van der Waals surface area contributed by atoms with E-state index in [-0.39, 0.29) is 0 Å². The summed E-state index contributed by atoms with van der Waals surface area (Å²) in [5.74, 6) is 0.877. The van der Waals surface area contributed by atoms with E-state index in [1.54, 1.807) is 12.4 Å². The van der Waals surface area contributed by atoms with Crippen LogP contribution in [-0.2, 0) is 6.42 Å². The lowest BCUT2D eigenvalue weighted by Crippen LogP contribution is -2.04. The Balaban J connectivity index is 2.13. The third kappa shape index (κ3) is 1.87. The van der Waals surface area contributed by atoms with Gasteiger partial charge in [0, 0.05) is 11.8 Å². The molecule has 0 aliphatic carbocycles. The summed E-state index contributed by atoms with van der Waals surface area (Å²) < 4.78 is 0. The lowest BCUT2D eigenvalue weighted by Gasteiger charge is -2.05. The molecule has 0 saturated carbocycles. The highest BCUT2D eigenvalue weighted by Crippen LogP contribution is 2.23. The van der Waals surface area contributed by atoms with Crippen LogP contribution in [0.4, 0.5) is 0 Å². The fourth-order valence-electron chi connectivity index (χ4n) is 2.11. The fraction of sp³-hybridized carbons (Fsp3) is 0.143. The fourth-order valence-corrected chi connectivity index (χ4v) is 2.11. The Labute approximate surface area is 105 Å². The standard InChI is InChI=1S/C14H14N4/c15-7-5-10-3-1-2-4-11(10)14-17-12-6-8-16-9-13(12)18-14/h1-4,6,8-9H,5,7,15H2,(H,17,18). The molecule has 4 heteroatoms. The summed E-state index contributed by atoms with van der Waals surface area (Å²) in [6.07, 6.45) is 4.39. The minimum Gasteiger partial charge on any atom is -0.337 e. The van der Waals surface area contributed by atoms with Gasteiger partial charge in [0.1, 0.15) is 5.82 Å². The summed E-state index contributed by atoms with van der Waals surface area (Å²) in [6, 6.07) is 10.1. The van der Waals surface area contributed by atoms with Crippen LogP contribution in [-0.4, -0.2) is 21.5 Å². The molecule has 1 aromatic carbocycles. The van der Waals surface area contributed by atoms with Gasteiger partial charge in [0.15, 0.2) is 0 Å². The van der Waals surface area contributed by atoms with Gasteiger partial charge in [-0.25, -0.2) is 4.98 Å². The van der Waals surface area contributed by atoms with Gasteiger partial charge in [0.2, 0.25) is 0 Å². The smallest absolute Gasteiger partial charge is 0.138 e. The van der Waals surface area contributed by atoms with Crippen molar-refractivity contribution >= 4 is 11.0 Å². The van der Waals surface area contributed by atoms with E-state index in [0.717, 1.165) is 28.8 Å². The van der Waals surface area contributed by atoms with Crippen molar-refractivity contribution in [1.82, 2.24) is 15.0 Å². The first-order valence-corrected chi connectivity index (χ1v) is 5.96. The second-order valence-electron chi connectivity index (χ2n) is 4.17. The number of fused-ring (bicyclic) bond motifs is 1. The van der Waals surface area contributed by atoms with Crippen LogP contribution < -0.4 is 5.73 Å². The van der Waals surface area contributed by atoms with Crippen molar-refractivity contribution in [1.29, 1.82) is 0 Å². The van der Waals surface area contributed by atoms with Gasteiger partial charge in [-0.2, -0.15) is 0 Å².